The number of nitrogens with one attached hydrogen (secondary N) is 1. The number of aryl methyl sites for hydroxylation is 1. The molecule has 0 saturated heterocycles. The predicted molar refractivity (Wildman–Crippen MR) is 93.7 cm³/mol. The molecule has 1 aliphatic heterocycles. The number of hydrogen-bond acceptors (Lipinski definition) is 3. The Labute approximate surface area is 153 Å². The zero-order valence-electron chi connectivity index (χ0n) is 14.5. The average Bonchev–Trinajstić information content (AvgIpc) is 2.60. The lowest BCUT2D eigenvalue weighted by molar-refractivity contribution is -0.137. The van der Waals surface area contributed by atoms with Crippen molar-refractivity contribution in [2.75, 3.05) is 23.4 Å². The second kappa shape index (κ2) is 7.30. The van der Waals surface area contributed by atoms with Gasteiger partial charge < -0.3 is 15.0 Å². The quantitative estimate of drug-likeness (QED) is 0.881. The van der Waals surface area contributed by atoms with Crippen LogP contribution in [0.1, 0.15) is 17.5 Å². The zero-order valence-corrected chi connectivity index (χ0v) is 14.5. The average molecular weight is 378 g/mol. The van der Waals surface area contributed by atoms with Crippen molar-refractivity contribution in [2.45, 2.75) is 19.5 Å². The van der Waals surface area contributed by atoms with Gasteiger partial charge in [-0.15, -0.1) is 0 Å². The van der Waals surface area contributed by atoms with E-state index in [0.29, 0.717) is 11.4 Å². The first-order valence-electron chi connectivity index (χ1n) is 8.25. The van der Waals surface area contributed by atoms with E-state index < -0.39 is 17.6 Å². The molecule has 27 heavy (non-hydrogen) atoms. The van der Waals surface area contributed by atoms with Crippen molar-refractivity contribution >= 4 is 23.2 Å². The fourth-order valence-corrected chi connectivity index (χ4v) is 2.77. The highest BCUT2D eigenvalue weighted by Gasteiger charge is 2.30. The summed E-state index contributed by atoms with van der Waals surface area (Å²) >= 11 is 0. The number of ether oxygens (including phenoxy) is 1. The summed E-state index contributed by atoms with van der Waals surface area (Å²) in [7, 11) is 0. The Morgan fingerprint density at radius 3 is 2.74 bits per heavy atom. The highest BCUT2D eigenvalue weighted by molar-refractivity contribution is 5.99. The molecule has 142 valence electrons. The molecule has 2 aromatic carbocycles. The van der Waals surface area contributed by atoms with Gasteiger partial charge in [0.15, 0.2) is 6.61 Å². The zero-order chi connectivity index (χ0) is 19.6. The molecule has 0 spiro atoms. The van der Waals surface area contributed by atoms with Crippen molar-refractivity contribution in [1.29, 1.82) is 0 Å². The third-order valence-electron chi connectivity index (χ3n) is 4.09. The molecule has 5 nitrogen and oxygen atoms in total. The normalized spacial score (nSPS) is 13.8. The molecule has 2 amide bonds. The van der Waals surface area contributed by atoms with Gasteiger partial charge in [-0.25, -0.2) is 0 Å². The number of amides is 2. The Bertz CT molecular complexity index is 881. The van der Waals surface area contributed by atoms with Gasteiger partial charge in [-0.2, -0.15) is 13.2 Å². The highest BCUT2D eigenvalue weighted by atomic mass is 19.4. The molecule has 0 radical (unpaired) electrons. The van der Waals surface area contributed by atoms with Crippen LogP contribution in [-0.2, 0) is 15.8 Å². The topological polar surface area (TPSA) is 58.6 Å². The van der Waals surface area contributed by atoms with Gasteiger partial charge in [0.25, 0.3) is 5.91 Å². The first-order chi connectivity index (χ1) is 12.7. The minimum absolute atomic E-state index is 0.0550. The van der Waals surface area contributed by atoms with Gasteiger partial charge in [-0.3, -0.25) is 9.59 Å². The summed E-state index contributed by atoms with van der Waals surface area (Å²) < 4.78 is 43.6. The molecular formula is C19H17F3N2O3. The van der Waals surface area contributed by atoms with E-state index in [-0.39, 0.29) is 31.2 Å². The standard InChI is InChI=1S/C19H17F3N2O3/c1-12-5-6-16-15(9-12)24(18(26)11-27-16)8-7-17(25)23-14-4-2-3-13(10-14)19(20,21)22/h2-6,9-10H,7-8,11H2,1H3,(H,23,25). The summed E-state index contributed by atoms with van der Waals surface area (Å²) in [5.74, 6) is -0.207. The molecule has 0 bridgehead atoms. The molecule has 0 atom stereocenters. The van der Waals surface area contributed by atoms with Crippen LogP contribution >= 0.6 is 0 Å². The van der Waals surface area contributed by atoms with E-state index in [1.165, 1.54) is 17.0 Å². The van der Waals surface area contributed by atoms with Crippen molar-refractivity contribution in [3.8, 4) is 5.75 Å². The fourth-order valence-electron chi connectivity index (χ4n) is 2.77. The third kappa shape index (κ3) is 4.39. The van der Waals surface area contributed by atoms with Gasteiger partial charge in [0.1, 0.15) is 5.75 Å². The van der Waals surface area contributed by atoms with E-state index in [0.717, 1.165) is 17.7 Å². The van der Waals surface area contributed by atoms with Crippen LogP contribution in [0.15, 0.2) is 42.5 Å². The summed E-state index contributed by atoms with van der Waals surface area (Å²) in [6.07, 6.45) is -4.54. The first kappa shape index (κ1) is 18.8. The Balaban J connectivity index is 1.66. The molecule has 1 N–H and O–H groups in total. The molecule has 0 saturated carbocycles. The van der Waals surface area contributed by atoms with Crippen LogP contribution in [0.4, 0.5) is 24.5 Å². The Morgan fingerprint density at radius 2 is 2.00 bits per heavy atom. The summed E-state index contributed by atoms with van der Waals surface area (Å²) in [6, 6.07) is 9.81. The van der Waals surface area contributed by atoms with Crippen molar-refractivity contribution in [3.05, 3.63) is 53.6 Å². The molecule has 2 aromatic rings. The molecular weight excluding hydrogens is 361 g/mol. The Kier molecular flexibility index (Phi) is 5.07. The minimum Gasteiger partial charge on any atom is -0.482 e. The maximum Gasteiger partial charge on any atom is 0.416 e. The lowest BCUT2D eigenvalue weighted by Gasteiger charge is -2.29. The van der Waals surface area contributed by atoms with Gasteiger partial charge in [-0.05, 0) is 42.8 Å². The molecule has 0 fully saturated rings. The summed E-state index contributed by atoms with van der Waals surface area (Å²) in [5, 5.41) is 2.44. The van der Waals surface area contributed by atoms with Crippen LogP contribution in [0.5, 0.6) is 5.75 Å². The Hall–Kier alpha value is -3.03. The van der Waals surface area contributed by atoms with Crippen LogP contribution in [0, 0.1) is 6.92 Å². The maximum atomic E-state index is 12.7. The van der Waals surface area contributed by atoms with Gasteiger partial charge in [-0.1, -0.05) is 12.1 Å². The van der Waals surface area contributed by atoms with Crippen molar-refractivity contribution < 1.29 is 27.5 Å². The van der Waals surface area contributed by atoms with Crippen molar-refractivity contribution in [1.82, 2.24) is 0 Å². The van der Waals surface area contributed by atoms with Crippen molar-refractivity contribution in [2.24, 2.45) is 0 Å². The molecule has 3 rings (SSSR count). The van der Waals surface area contributed by atoms with Crippen LogP contribution in [0.25, 0.3) is 0 Å². The first-order valence-corrected chi connectivity index (χ1v) is 8.25. The summed E-state index contributed by atoms with van der Waals surface area (Å²) in [4.78, 5) is 25.7. The number of alkyl halides is 3. The number of anilines is 2. The number of rotatable bonds is 4. The lowest BCUT2D eigenvalue weighted by atomic mass is 10.1. The smallest absolute Gasteiger partial charge is 0.416 e. The molecule has 0 unspecified atom stereocenters. The van der Waals surface area contributed by atoms with Crippen LogP contribution < -0.4 is 15.0 Å². The maximum absolute atomic E-state index is 12.7. The predicted octanol–water partition coefficient (Wildman–Crippen LogP) is 3.77. The van der Waals surface area contributed by atoms with Crippen LogP contribution in [-0.4, -0.2) is 25.0 Å². The van der Waals surface area contributed by atoms with Gasteiger partial charge in [0, 0.05) is 18.7 Å². The largest absolute Gasteiger partial charge is 0.482 e. The number of halogens is 3. The summed E-state index contributed by atoms with van der Waals surface area (Å²) in [5.41, 5.74) is 0.732. The number of carbonyl (C=O) groups is 2. The number of fused-ring (bicyclic) bond motifs is 1. The number of benzene rings is 2. The third-order valence-corrected chi connectivity index (χ3v) is 4.09. The van der Waals surface area contributed by atoms with E-state index in [9.17, 15) is 22.8 Å². The molecule has 8 heteroatoms. The van der Waals surface area contributed by atoms with Crippen LogP contribution in [0.3, 0.4) is 0 Å². The Morgan fingerprint density at radius 1 is 1.22 bits per heavy atom. The SMILES string of the molecule is Cc1ccc2c(c1)N(CCC(=O)Nc1cccc(C(F)(F)F)c1)C(=O)CO2. The van der Waals surface area contributed by atoms with Crippen LogP contribution in [0.2, 0.25) is 0 Å². The fraction of sp³-hybridized carbons (Fsp3) is 0.263. The van der Waals surface area contributed by atoms with Gasteiger partial charge in [0.05, 0.1) is 11.3 Å². The molecule has 0 aliphatic carbocycles. The monoisotopic (exact) mass is 378 g/mol. The number of hydrogen-bond donors (Lipinski definition) is 1. The van der Waals surface area contributed by atoms with E-state index in [2.05, 4.69) is 5.32 Å². The van der Waals surface area contributed by atoms with E-state index in [1.807, 2.05) is 13.0 Å². The highest BCUT2D eigenvalue weighted by Crippen LogP contribution is 2.33. The van der Waals surface area contributed by atoms with Gasteiger partial charge in [0.2, 0.25) is 5.91 Å². The summed E-state index contributed by atoms with van der Waals surface area (Å²) in [6.45, 7) is 1.85. The lowest BCUT2D eigenvalue weighted by Crippen LogP contribution is -2.40. The van der Waals surface area contributed by atoms with Gasteiger partial charge >= 0.3 is 6.18 Å². The second-order valence-electron chi connectivity index (χ2n) is 6.18. The van der Waals surface area contributed by atoms with E-state index >= 15 is 0 Å². The van der Waals surface area contributed by atoms with Crippen molar-refractivity contribution in [3.63, 3.8) is 0 Å². The second-order valence-corrected chi connectivity index (χ2v) is 6.18. The number of nitrogens with zero attached hydrogens (tertiary/aromatic N) is 1. The minimum atomic E-state index is -4.48. The van der Waals surface area contributed by atoms with E-state index in [4.69, 9.17) is 4.74 Å². The van der Waals surface area contributed by atoms with E-state index in [1.54, 1.807) is 12.1 Å². The molecule has 1 aliphatic rings. The molecule has 0 aromatic heterocycles. The molecule has 1 heterocycles. The number of carbonyl (C=O) groups excluding carboxylic acids is 2.